The van der Waals surface area contributed by atoms with Crippen molar-refractivity contribution in [2.45, 2.75) is 26.4 Å². The molecule has 0 saturated carbocycles. The minimum atomic E-state index is -1.07. The average molecular weight is 322 g/mol. The van der Waals surface area contributed by atoms with Crippen molar-refractivity contribution in [1.82, 2.24) is 15.0 Å². The van der Waals surface area contributed by atoms with Gasteiger partial charge in [0.05, 0.1) is 23.6 Å². The van der Waals surface area contributed by atoms with Crippen LogP contribution >= 0.6 is 0 Å². The molecule has 0 radical (unpaired) electrons. The van der Waals surface area contributed by atoms with E-state index in [1.807, 2.05) is 13.0 Å². The molecule has 2 aromatic heterocycles. The van der Waals surface area contributed by atoms with Crippen LogP contribution in [0, 0.1) is 23.2 Å². The second kappa shape index (κ2) is 7.40. The van der Waals surface area contributed by atoms with Crippen molar-refractivity contribution in [2.24, 2.45) is 0 Å². The van der Waals surface area contributed by atoms with Crippen molar-refractivity contribution in [3.8, 4) is 17.9 Å². The molecule has 0 unspecified atom stereocenters. The highest BCUT2D eigenvalue weighted by molar-refractivity contribution is 5.65. The van der Waals surface area contributed by atoms with Gasteiger partial charge >= 0.3 is 0 Å². The normalized spacial score (nSPS) is 10.3. The lowest BCUT2D eigenvalue weighted by Crippen LogP contribution is -2.14. The maximum Gasteiger partial charge on any atom is 0.158 e. The van der Waals surface area contributed by atoms with Gasteiger partial charge in [-0.3, -0.25) is 0 Å². The molecule has 0 aliphatic carbocycles. The first kappa shape index (κ1) is 17.2. The lowest BCUT2D eigenvalue weighted by Gasteiger charge is -2.11. The molecule has 0 aliphatic heterocycles. The Hall–Kier alpha value is -3.16. The number of aromatic nitrogens is 3. The maximum atomic E-state index is 9.73. The first-order chi connectivity index (χ1) is 11.4. The smallest absolute Gasteiger partial charge is 0.158 e. The molecular weight excluding hydrogens is 304 g/mol. The minimum Gasteiger partial charge on any atom is -0.384 e. The molecule has 2 aromatic rings. The highest BCUT2D eigenvalue weighted by Gasteiger charge is 2.08. The SMILES string of the molecule is CCNc1cc(Nc2cnc(C#N)cn2)ncc1C#CC(C)(C)O. The van der Waals surface area contributed by atoms with E-state index in [1.54, 1.807) is 26.1 Å². The van der Waals surface area contributed by atoms with E-state index in [1.165, 1.54) is 12.4 Å². The molecule has 0 atom stereocenters. The predicted octanol–water partition coefficient (Wildman–Crippen LogP) is 2.04. The molecule has 0 aromatic carbocycles. The summed E-state index contributed by atoms with van der Waals surface area (Å²) in [6.45, 7) is 5.95. The molecular formula is C17H18N6O. The Morgan fingerprint density at radius 3 is 2.50 bits per heavy atom. The van der Waals surface area contributed by atoms with E-state index in [0.717, 1.165) is 12.2 Å². The third-order valence-electron chi connectivity index (χ3n) is 2.80. The first-order valence-electron chi connectivity index (χ1n) is 7.40. The summed E-state index contributed by atoms with van der Waals surface area (Å²) in [5.41, 5.74) is 0.668. The van der Waals surface area contributed by atoms with Gasteiger partial charge in [-0.2, -0.15) is 5.26 Å². The molecule has 0 saturated heterocycles. The summed E-state index contributed by atoms with van der Waals surface area (Å²) in [7, 11) is 0. The van der Waals surface area contributed by atoms with Crippen LogP contribution in [-0.4, -0.2) is 32.2 Å². The molecule has 0 bridgehead atoms. The molecule has 122 valence electrons. The van der Waals surface area contributed by atoms with Crippen LogP contribution in [0.2, 0.25) is 0 Å². The van der Waals surface area contributed by atoms with E-state index in [4.69, 9.17) is 5.26 Å². The minimum absolute atomic E-state index is 0.249. The highest BCUT2D eigenvalue weighted by Crippen LogP contribution is 2.20. The number of aliphatic hydroxyl groups is 1. The van der Waals surface area contributed by atoms with E-state index >= 15 is 0 Å². The van der Waals surface area contributed by atoms with Gasteiger partial charge in [-0.05, 0) is 20.8 Å². The topological polar surface area (TPSA) is 107 Å². The molecule has 3 N–H and O–H groups in total. The Kier molecular flexibility index (Phi) is 5.31. The Labute approximate surface area is 140 Å². The first-order valence-corrected chi connectivity index (χ1v) is 7.40. The van der Waals surface area contributed by atoms with Gasteiger partial charge in [0.1, 0.15) is 23.3 Å². The molecule has 0 aliphatic rings. The van der Waals surface area contributed by atoms with E-state index in [2.05, 4.69) is 37.4 Å². The van der Waals surface area contributed by atoms with E-state index in [0.29, 0.717) is 17.2 Å². The fourth-order valence-electron chi connectivity index (χ4n) is 1.76. The van der Waals surface area contributed by atoms with Crippen molar-refractivity contribution in [1.29, 1.82) is 5.26 Å². The largest absolute Gasteiger partial charge is 0.384 e. The van der Waals surface area contributed by atoms with Crippen LogP contribution < -0.4 is 10.6 Å². The van der Waals surface area contributed by atoms with Crippen LogP contribution in [0.15, 0.2) is 24.7 Å². The Morgan fingerprint density at radius 1 is 1.17 bits per heavy atom. The Bertz CT molecular complexity index is 806. The summed E-state index contributed by atoms with van der Waals surface area (Å²) in [5.74, 6) is 6.75. The second-order valence-corrected chi connectivity index (χ2v) is 5.48. The quantitative estimate of drug-likeness (QED) is 0.739. The predicted molar refractivity (Wildman–Crippen MR) is 91.6 cm³/mol. The van der Waals surface area contributed by atoms with Crippen LogP contribution in [0.25, 0.3) is 0 Å². The number of anilines is 3. The number of hydrogen-bond acceptors (Lipinski definition) is 7. The van der Waals surface area contributed by atoms with Gasteiger partial charge in [-0.1, -0.05) is 11.8 Å². The molecule has 24 heavy (non-hydrogen) atoms. The third kappa shape index (κ3) is 4.94. The standard InChI is InChI=1S/C17H18N6O/c1-4-19-14-7-15(21-9-12(14)5-6-17(2,3)24)23-16-11-20-13(8-18)10-22-16/h7,9-11,24H,4H2,1-3H3,(H2,19,21,22,23). The van der Waals surface area contributed by atoms with Crippen LogP contribution in [0.1, 0.15) is 32.0 Å². The Balaban J connectivity index is 2.26. The zero-order valence-electron chi connectivity index (χ0n) is 13.8. The van der Waals surface area contributed by atoms with Crippen molar-refractivity contribution in [3.05, 3.63) is 35.9 Å². The van der Waals surface area contributed by atoms with E-state index < -0.39 is 5.60 Å². The number of rotatable bonds is 4. The number of nitriles is 1. The van der Waals surface area contributed by atoms with Gasteiger partial charge < -0.3 is 15.7 Å². The van der Waals surface area contributed by atoms with Gasteiger partial charge in [-0.15, -0.1) is 0 Å². The van der Waals surface area contributed by atoms with Crippen LogP contribution in [0.4, 0.5) is 17.3 Å². The summed E-state index contributed by atoms with van der Waals surface area (Å²) in [6, 6.07) is 3.72. The molecule has 7 nitrogen and oxygen atoms in total. The molecule has 2 rings (SSSR count). The lowest BCUT2D eigenvalue weighted by molar-refractivity contribution is 0.143. The number of pyridine rings is 1. The molecule has 0 amide bonds. The van der Waals surface area contributed by atoms with Gasteiger partial charge in [0.25, 0.3) is 0 Å². The van der Waals surface area contributed by atoms with Crippen LogP contribution in [0.5, 0.6) is 0 Å². The number of nitrogens with one attached hydrogen (secondary N) is 2. The summed E-state index contributed by atoms with van der Waals surface area (Å²) < 4.78 is 0. The van der Waals surface area contributed by atoms with Crippen molar-refractivity contribution in [2.75, 3.05) is 17.2 Å². The number of hydrogen-bond donors (Lipinski definition) is 3. The molecule has 0 spiro atoms. The fraction of sp³-hybridized carbons (Fsp3) is 0.294. The fourth-order valence-corrected chi connectivity index (χ4v) is 1.76. The zero-order chi connectivity index (χ0) is 17.6. The van der Waals surface area contributed by atoms with Crippen LogP contribution in [0.3, 0.4) is 0 Å². The van der Waals surface area contributed by atoms with Gasteiger partial charge in [-0.25, -0.2) is 15.0 Å². The molecule has 0 fully saturated rings. The summed E-state index contributed by atoms with van der Waals surface area (Å²) in [6.07, 6.45) is 4.47. The third-order valence-corrected chi connectivity index (χ3v) is 2.80. The van der Waals surface area contributed by atoms with Crippen molar-refractivity contribution < 1.29 is 5.11 Å². The molecule has 7 heteroatoms. The summed E-state index contributed by atoms with van der Waals surface area (Å²) >= 11 is 0. The van der Waals surface area contributed by atoms with Gasteiger partial charge in [0.2, 0.25) is 0 Å². The van der Waals surface area contributed by atoms with Gasteiger partial charge in [0, 0.05) is 18.8 Å². The van der Waals surface area contributed by atoms with Crippen molar-refractivity contribution >= 4 is 17.3 Å². The maximum absolute atomic E-state index is 9.73. The monoisotopic (exact) mass is 322 g/mol. The molecule has 2 heterocycles. The van der Waals surface area contributed by atoms with E-state index in [9.17, 15) is 5.11 Å². The zero-order valence-corrected chi connectivity index (χ0v) is 13.8. The summed E-state index contributed by atoms with van der Waals surface area (Å²) in [4.78, 5) is 12.3. The highest BCUT2D eigenvalue weighted by atomic mass is 16.3. The van der Waals surface area contributed by atoms with Crippen LogP contribution in [-0.2, 0) is 0 Å². The Morgan fingerprint density at radius 2 is 1.92 bits per heavy atom. The van der Waals surface area contributed by atoms with Gasteiger partial charge in [0.15, 0.2) is 5.69 Å². The lowest BCUT2D eigenvalue weighted by atomic mass is 10.1. The summed E-state index contributed by atoms with van der Waals surface area (Å²) in [5, 5.41) is 24.7. The van der Waals surface area contributed by atoms with E-state index in [-0.39, 0.29) is 5.69 Å². The van der Waals surface area contributed by atoms with Crippen molar-refractivity contribution in [3.63, 3.8) is 0 Å². The number of nitrogens with zero attached hydrogens (tertiary/aromatic N) is 4. The second-order valence-electron chi connectivity index (χ2n) is 5.48. The average Bonchev–Trinajstić information content (AvgIpc) is 2.54.